The fourth-order valence-electron chi connectivity index (χ4n) is 1.26. The first-order chi connectivity index (χ1) is 7.63. The molecule has 0 saturated heterocycles. The van der Waals surface area contributed by atoms with Crippen LogP contribution in [0.1, 0.15) is 13.3 Å². The summed E-state index contributed by atoms with van der Waals surface area (Å²) in [6.45, 7) is 3.05. The first-order valence-corrected chi connectivity index (χ1v) is 5.60. The van der Waals surface area contributed by atoms with Crippen LogP contribution in [0.3, 0.4) is 0 Å². The summed E-state index contributed by atoms with van der Waals surface area (Å²) >= 11 is 5.77. The molecule has 1 aromatic heterocycles. The second-order valence-electron chi connectivity index (χ2n) is 3.54. The number of rotatable bonds is 5. The van der Waals surface area contributed by atoms with Crippen molar-refractivity contribution in [1.82, 2.24) is 10.3 Å². The van der Waals surface area contributed by atoms with Crippen LogP contribution in [0, 0.1) is 0 Å². The lowest BCUT2D eigenvalue weighted by Gasteiger charge is -2.18. The highest BCUT2D eigenvalue weighted by atomic mass is 35.5. The number of nitrogens with zero attached hydrogens (tertiary/aromatic N) is 2. The van der Waals surface area contributed by atoms with Crippen LogP contribution >= 0.6 is 11.6 Å². The average molecular weight is 242 g/mol. The molecule has 16 heavy (non-hydrogen) atoms. The minimum Gasteiger partial charge on any atom is -0.365 e. The van der Waals surface area contributed by atoms with Crippen LogP contribution in [0.5, 0.6) is 0 Å². The summed E-state index contributed by atoms with van der Waals surface area (Å²) in [6.07, 6.45) is 2.56. The third-order valence-electron chi connectivity index (χ3n) is 2.10. The van der Waals surface area contributed by atoms with Gasteiger partial charge in [0.2, 0.25) is 5.91 Å². The molecule has 0 radical (unpaired) electrons. The van der Waals surface area contributed by atoms with Crippen molar-refractivity contribution in [2.45, 2.75) is 13.3 Å². The van der Waals surface area contributed by atoms with Crippen molar-refractivity contribution in [1.29, 1.82) is 0 Å². The fourth-order valence-corrected chi connectivity index (χ4v) is 1.42. The van der Waals surface area contributed by atoms with Crippen LogP contribution < -0.4 is 10.2 Å². The van der Waals surface area contributed by atoms with E-state index in [4.69, 9.17) is 11.6 Å². The molecular weight excluding hydrogens is 226 g/mol. The summed E-state index contributed by atoms with van der Waals surface area (Å²) in [4.78, 5) is 17.2. The van der Waals surface area contributed by atoms with Crippen LogP contribution in [0.4, 0.5) is 5.69 Å². The Labute approximate surface area is 101 Å². The van der Waals surface area contributed by atoms with Gasteiger partial charge in [-0.05, 0) is 18.6 Å². The second-order valence-corrected chi connectivity index (χ2v) is 3.93. The largest absolute Gasteiger partial charge is 0.365 e. The second kappa shape index (κ2) is 6.33. The minimum atomic E-state index is 0.0114. The normalized spacial score (nSPS) is 9.94. The molecule has 0 aromatic carbocycles. The summed E-state index contributed by atoms with van der Waals surface area (Å²) in [6, 6.07) is 3.55. The van der Waals surface area contributed by atoms with Crippen molar-refractivity contribution in [2.24, 2.45) is 0 Å². The third-order valence-corrected chi connectivity index (χ3v) is 2.31. The van der Waals surface area contributed by atoms with Crippen LogP contribution in [0.15, 0.2) is 18.3 Å². The van der Waals surface area contributed by atoms with Gasteiger partial charge in [-0.2, -0.15) is 0 Å². The molecule has 1 amide bonds. The molecule has 4 nitrogen and oxygen atoms in total. The van der Waals surface area contributed by atoms with Gasteiger partial charge in [0, 0.05) is 25.5 Å². The number of aromatic nitrogens is 1. The quantitative estimate of drug-likeness (QED) is 0.799. The maximum absolute atomic E-state index is 11.5. The molecule has 88 valence electrons. The number of anilines is 1. The fraction of sp³-hybridized carbons (Fsp3) is 0.455. The van der Waals surface area contributed by atoms with Crippen molar-refractivity contribution in [3.63, 3.8) is 0 Å². The van der Waals surface area contributed by atoms with Crippen molar-refractivity contribution in [3.8, 4) is 0 Å². The molecular formula is C11H16ClN3O. The highest BCUT2D eigenvalue weighted by Gasteiger charge is 2.06. The van der Waals surface area contributed by atoms with Gasteiger partial charge in [0.05, 0.1) is 6.54 Å². The lowest BCUT2D eigenvalue weighted by molar-refractivity contribution is -0.119. The number of nitrogens with one attached hydrogen (secondary N) is 1. The van der Waals surface area contributed by atoms with Gasteiger partial charge in [0.15, 0.2) is 0 Å². The van der Waals surface area contributed by atoms with Gasteiger partial charge in [-0.15, -0.1) is 0 Å². The van der Waals surface area contributed by atoms with Crippen LogP contribution in [0.2, 0.25) is 5.15 Å². The number of amides is 1. The van der Waals surface area contributed by atoms with Gasteiger partial charge < -0.3 is 10.2 Å². The number of likely N-dealkylation sites (N-methyl/N-ethyl adjacent to an activating group) is 1. The molecule has 1 heterocycles. The Morgan fingerprint density at radius 3 is 3.00 bits per heavy atom. The van der Waals surface area contributed by atoms with E-state index in [0.717, 1.165) is 12.1 Å². The van der Waals surface area contributed by atoms with Gasteiger partial charge >= 0.3 is 0 Å². The number of hydrogen-bond acceptors (Lipinski definition) is 3. The van der Waals surface area contributed by atoms with Crippen molar-refractivity contribution in [3.05, 3.63) is 23.5 Å². The van der Waals surface area contributed by atoms with Crippen molar-refractivity contribution >= 4 is 23.2 Å². The summed E-state index contributed by atoms with van der Waals surface area (Å²) in [5.74, 6) is 0.0114. The molecule has 0 atom stereocenters. The smallest absolute Gasteiger partial charge is 0.239 e. The summed E-state index contributed by atoms with van der Waals surface area (Å²) < 4.78 is 0. The molecule has 1 aromatic rings. The highest BCUT2D eigenvalue weighted by molar-refractivity contribution is 6.29. The first kappa shape index (κ1) is 12.8. The molecule has 0 aliphatic rings. The Hall–Kier alpha value is -1.29. The maximum Gasteiger partial charge on any atom is 0.239 e. The van der Waals surface area contributed by atoms with Crippen molar-refractivity contribution in [2.75, 3.05) is 25.0 Å². The Kier molecular flexibility index (Phi) is 5.05. The zero-order valence-electron chi connectivity index (χ0n) is 9.53. The number of pyridine rings is 1. The Morgan fingerprint density at radius 2 is 2.38 bits per heavy atom. The predicted molar refractivity (Wildman–Crippen MR) is 65.8 cm³/mol. The zero-order chi connectivity index (χ0) is 12.0. The van der Waals surface area contributed by atoms with E-state index < -0.39 is 0 Å². The third kappa shape index (κ3) is 4.06. The molecule has 0 aliphatic heterocycles. The standard InChI is InChI=1S/C11H16ClN3O/c1-3-5-14-11(16)8-15(2)9-4-6-13-10(12)7-9/h4,6-7H,3,5,8H2,1-2H3,(H,14,16). The monoisotopic (exact) mass is 241 g/mol. The first-order valence-electron chi connectivity index (χ1n) is 5.23. The molecule has 0 bridgehead atoms. The van der Waals surface area contributed by atoms with E-state index in [-0.39, 0.29) is 5.91 Å². The molecule has 0 aliphatic carbocycles. The lowest BCUT2D eigenvalue weighted by atomic mass is 10.3. The van der Waals surface area contributed by atoms with E-state index in [1.54, 1.807) is 12.3 Å². The van der Waals surface area contributed by atoms with Crippen LogP contribution in [-0.4, -0.2) is 31.0 Å². The molecule has 1 N–H and O–H groups in total. The van der Waals surface area contributed by atoms with E-state index in [2.05, 4.69) is 10.3 Å². The summed E-state index contributed by atoms with van der Waals surface area (Å²) in [5, 5.41) is 3.25. The number of carbonyl (C=O) groups excluding carboxylic acids is 1. The van der Waals surface area contributed by atoms with E-state index in [1.807, 2.05) is 24.9 Å². The molecule has 1 rings (SSSR count). The van der Waals surface area contributed by atoms with Gasteiger partial charge in [0.25, 0.3) is 0 Å². The summed E-state index contributed by atoms with van der Waals surface area (Å²) in [5.41, 5.74) is 0.881. The van der Waals surface area contributed by atoms with Gasteiger partial charge in [-0.1, -0.05) is 18.5 Å². The Morgan fingerprint density at radius 1 is 1.62 bits per heavy atom. The Balaban J connectivity index is 2.52. The molecule has 0 fully saturated rings. The summed E-state index contributed by atoms with van der Waals surface area (Å²) in [7, 11) is 1.84. The van der Waals surface area contributed by atoms with Gasteiger partial charge in [-0.3, -0.25) is 4.79 Å². The van der Waals surface area contributed by atoms with E-state index in [9.17, 15) is 4.79 Å². The van der Waals surface area contributed by atoms with E-state index in [1.165, 1.54) is 0 Å². The zero-order valence-corrected chi connectivity index (χ0v) is 10.3. The molecule has 0 spiro atoms. The topological polar surface area (TPSA) is 45.2 Å². The van der Waals surface area contributed by atoms with E-state index >= 15 is 0 Å². The van der Waals surface area contributed by atoms with Gasteiger partial charge in [0.1, 0.15) is 5.15 Å². The predicted octanol–water partition coefficient (Wildman–Crippen LogP) is 1.70. The number of carbonyl (C=O) groups is 1. The maximum atomic E-state index is 11.5. The SMILES string of the molecule is CCCNC(=O)CN(C)c1ccnc(Cl)c1. The van der Waals surface area contributed by atoms with Crippen LogP contribution in [-0.2, 0) is 4.79 Å². The number of hydrogen-bond donors (Lipinski definition) is 1. The number of halogens is 1. The molecule has 0 saturated carbocycles. The lowest BCUT2D eigenvalue weighted by Crippen LogP contribution is -2.35. The molecule has 0 unspecified atom stereocenters. The Bertz CT molecular complexity index is 357. The minimum absolute atomic E-state index is 0.0114. The van der Waals surface area contributed by atoms with Gasteiger partial charge in [-0.25, -0.2) is 4.98 Å². The highest BCUT2D eigenvalue weighted by Crippen LogP contribution is 2.15. The van der Waals surface area contributed by atoms with Crippen LogP contribution in [0.25, 0.3) is 0 Å². The van der Waals surface area contributed by atoms with E-state index in [0.29, 0.717) is 18.2 Å². The average Bonchev–Trinajstić information content (AvgIpc) is 2.26. The van der Waals surface area contributed by atoms with Crippen molar-refractivity contribution < 1.29 is 4.79 Å². The molecule has 5 heteroatoms.